The largest absolute Gasteiger partial charge is 0.497 e. The molecule has 1 N–H and O–H groups in total. The number of hydrogen-bond acceptors (Lipinski definition) is 5. The lowest BCUT2D eigenvalue weighted by Crippen LogP contribution is -2.54. The van der Waals surface area contributed by atoms with Crippen molar-refractivity contribution < 1.29 is 23.9 Å². The van der Waals surface area contributed by atoms with E-state index in [0.717, 1.165) is 16.9 Å². The van der Waals surface area contributed by atoms with Crippen molar-refractivity contribution in [2.75, 3.05) is 13.7 Å². The first-order valence-electron chi connectivity index (χ1n) is 9.57. The number of imide groups is 1. The number of urea groups is 1. The van der Waals surface area contributed by atoms with Crippen molar-refractivity contribution in [1.82, 2.24) is 10.2 Å². The van der Waals surface area contributed by atoms with Crippen molar-refractivity contribution in [3.63, 3.8) is 0 Å². The Morgan fingerprint density at radius 3 is 2.50 bits per heavy atom. The van der Waals surface area contributed by atoms with Crippen molar-refractivity contribution >= 4 is 17.9 Å². The molecule has 1 heterocycles. The van der Waals surface area contributed by atoms with Crippen LogP contribution in [-0.4, -0.2) is 42.0 Å². The normalized spacial score (nSPS) is 26.3. The van der Waals surface area contributed by atoms with E-state index in [1.54, 1.807) is 31.4 Å². The zero-order valence-electron chi connectivity index (χ0n) is 16.9. The Labute approximate surface area is 165 Å². The minimum absolute atomic E-state index is 0.0501. The summed E-state index contributed by atoms with van der Waals surface area (Å²) < 4.78 is 10.3. The number of amides is 3. The second kappa shape index (κ2) is 7.45. The van der Waals surface area contributed by atoms with Gasteiger partial charge < -0.3 is 14.8 Å². The van der Waals surface area contributed by atoms with E-state index in [0.29, 0.717) is 24.5 Å². The van der Waals surface area contributed by atoms with Crippen LogP contribution < -0.4 is 10.1 Å². The number of carbonyl (C=O) groups excluding carboxylic acids is 3. The van der Waals surface area contributed by atoms with E-state index in [9.17, 15) is 14.4 Å². The van der Waals surface area contributed by atoms with Crippen LogP contribution in [0.15, 0.2) is 24.3 Å². The molecule has 0 radical (unpaired) electrons. The molecule has 7 nitrogen and oxygen atoms in total. The van der Waals surface area contributed by atoms with Crippen molar-refractivity contribution in [2.24, 2.45) is 11.3 Å². The lowest BCUT2D eigenvalue weighted by Gasteiger charge is -2.43. The van der Waals surface area contributed by atoms with Crippen molar-refractivity contribution in [2.45, 2.75) is 52.2 Å². The van der Waals surface area contributed by atoms with Gasteiger partial charge in [-0.05, 0) is 48.3 Å². The first kappa shape index (κ1) is 20.2. The molecule has 2 aliphatic rings. The fourth-order valence-electron chi connectivity index (χ4n) is 4.71. The number of benzene rings is 1. The number of ether oxygens (including phenoxy) is 2. The minimum atomic E-state index is -0.908. The summed E-state index contributed by atoms with van der Waals surface area (Å²) in [5, 5.41) is 2.86. The van der Waals surface area contributed by atoms with Gasteiger partial charge in [0, 0.05) is 0 Å². The van der Waals surface area contributed by atoms with Crippen LogP contribution in [0, 0.1) is 11.3 Å². The van der Waals surface area contributed by atoms with E-state index in [1.807, 2.05) is 0 Å². The molecule has 152 valence electrons. The molecule has 1 aliphatic carbocycles. The van der Waals surface area contributed by atoms with Crippen molar-refractivity contribution in [3.8, 4) is 5.75 Å². The summed E-state index contributed by atoms with van der Waals surface area (Å²) in [7, 11) is 1.58. The molecule has 3 amide bonds. The van der Waals surface area contributed by atoms with Crippen LogP contribution >= 0.6 is 0 Å². The number of esters is 1. The number of methoxy groups -OCH3 is 1. The Hall–Kier alpha value is -2.57. The van der Waals surface area contributed by atoms with Crippen molar-refractivity contribution in [3.05, 3.63) is 29.8 Å². The third-order valence-electron chi connectivity index (χ3n) is 5.47. The van der Waals surface area contributed by atoms with E-state index in [1.165, 1.54) is 0 Å². The quantitative estimate of drug-likeness (QED) is 0.619. The third-order valence-corrected chi connectivity index (χ3v) is 5.47. The predicted octanol–water partition coefficient (Wildman–Crippen LogP) is 2.88. The number of nitrogens with zero attached hydrogens (tertiary/aromatic N) is 1. The average molecular weight is 388 g/mol. The first-order chi connectivity index (χ1) is 13.1. The van der Waals surface area contributed by atoms with Crippen LogP contribution in [0.5, 0.6) is 5.75 Å². The van der Waals surface area contributed by atoms with E-state index in [-0.39, 0.29) is 24.5 Å². The molecule has 2 atom stereocenters. The van der Waals surface area contributed by atoms with Gasteiger partial charge in [-0.1, -0.05) is 32.9 Å². The summed E-state index contributed by atoms with van der Waals surface area (Å²) in [6.45, 7) is 6.00. The zero-order chi connectivity index (χ0) is 20.5. The summed E-state index contributed by atoms with van der Waals surface area (Å²) in [5.74, 6) is 0.0947. The number of rotatable bonds is 5. The molecule has 7 heteroatoms. The van der Waals surface area contributed by atoms with E-state index >= 15 is 0 Å². The lowest BCUT2D eigenvalue weighted by molar-refractivity contribution is -0.149. The molecule has 2 unspecified atom stereocenters. The van der Waals surface area contributed by atoms with Gasteiger partial charge in [0.15, 0.2) is 0 Å². The van der Waals surface area contributed by atoms with Crippen LogP contribution in [0.1, 0.15) is 45.6 Å². The molecule has 0 bridgehead atoms. The lowest BCUT2D eigenvalue weighted by atomic mass is 9.64. The van der Waals surface area contributed by atoms with Crippen LogP contribution in [0.3, 0.4) is 0 Å². The Bertz CT molecular complexity index is 774. The van der Waals surface area contributed by atoms with Crippen LogP contribution in [0.25, 0.3) is 0 Å². The summed E-state index contributed by atoms with van der Waals surface area (Å²) >= 11 is 0. The molecule has 0 aromatic heterocycles. The zero-order valence-corrected chi connectivity index (χ0v) is 16.9. The molecule has 1 saturated heterocycles. The van der Waals surface area contributed by atoms with Gasteiger partial charge in [0.2, 0.25) is 0 Å². The molecule has 2 fully saturated rings. The molecule has 1 aromatic rings. The van der Waals surface area contributed by atoms with Crippen LogP contribution in [-0.2, 0) is 20.9 Å². The Morgan fingerprint density at radius 1 is 1.21 bits per heavy atom. The SMILES string of the molecule is COc1ccc(COC(=O)CN2C(=O)NC3(CC(C)CC(C)(C)C3)C2=O)cc1. The number of hydrogen-bond donors (Lipinski definition) is 1. The maximum Gasteiger partial charge on any atom is 0.326 e. The van der Waals surface area contributed by atoms with Gasteiger partial charge in [-0.15, -0.1) is 0 Å². The third kappa shape index (κ3) is 4.13. The summed E-state index contributed by atoms with van der Waals surface area (Å²) in [5.41, 5.74) is -0.161. The Kier molecular flexibility index (Phi) is 5.37. The maximum absolute atomic E-state index is 13.0. The highest BCUT2D eigenvalue weighted by Gasteiger charge is 2.56. The van der Waals surface area contributed by atoms with Gasteiger partial charge in [-0.3, -0.25) is 14.5 Å². The van der Waals surface area contributed by atoms with Gasteiger partial charge in [-0.2, -0.15) is 0 Å². The summed E-state index contributed by atoms with van der Waals surface area (Å²) in [6.07, 6.45) is 2.17. The fourth-order valence-corrected chi connectivity index (χ4v) is 4.71. The molecule has 28 heavy (non-hydrogen) atoms. The van der Waals surface area contributed by atoms with E-state index in [2.05, 4.69) is 26.1 Å². The topological polar surface area (TPSA) is 84.9 Å². The first-order valence-corrected chi connectivity index (χ1v) is 9.57. The Morgan fingerprint density at radius 2 is 1.89 bits per heavy atom. The summed E-state index contributed by atoms with van der Waals surface area (Å²) in [6, 6.07) is 6.61. The van der Waals surface area contributed by atoms with E-state index < -0.39 is 17.5 Å². The second-order valence-electron chi connectivity index (χ2n) is 8.77. The van der Waals surface area contributed by atoms with Gasteiger partial charge >= 0.3 is 12.0 Å². The van der Waals surface area contributed by atoms with Gasteiger partial charge in [0.1, 0.15) is 24.4 Å². The van der Waals surface area contributed by atoms with Gasteiger partial charge in [0.25, 0.3) is 5.91 Å². The smallest absolute Gasteiger partial charge is 0.326 e. The van der Waals surface area contributed by atoms with Gasteiger partial charge in [0.05, 0.1) is 7.11 Å². The summed E-state index contributed by atoms with van der Waals surface area (Å²) in [4.78, 5) is 38.7. The standard InChI is InChI=1S/C21H28N2O5/c1-14-9-20(2,3)13-21(10-14)18(25)23(19(26)22-21)11-17(24)28-12-15-5-7-16(27-4)8-6-15/h5-8,14H,9-13H2,1-4H3,(H,22,26). The molecule has 3 rings (SSSR count). The molecule has 1 aliphatic heterocycles. The fraction of sp³-hybridized carbons (Fsp3) is 0.571. The maximum atomic E-state index is 13.0. The molecule has 1 saturated carbocycles. The van der Waals surface area contributed by atoms with Gasteiger partial charge in [-0.25, -0.2) is 4.79 Å². The molecule has 1 spiro atoms. The molecular formula is C21H28N2O5. The second-order valence-corrected chi connectivity index (χ2v) is 8.77. The predicted molar refractivity (Wildman–Crippen MR) is 103 cm³/mol. The van der Waals surface area contributed by atoms with Crippen LogP contribution in [0.2, 0.25) is 0 Å². The van der Waals surface area contributed by atoms with E-state index in [4.69, 9.17) is 9.47 Å². The monoisotopic (exact) mass is 388 g/mol. The highest BCUT2D eigenvalue weighted by atomic mass is 16.5. The molecule has 1 aromatic carbocycles. The highest BCUT2D eigenvalue weighted by Crippen LogP contribution is 2.46. The highest BCUT2D eigenvalue weighted by molar-refractivity contribution is 6.08. The van der Waals surface area contributed by atoms with Crippen molar-refractivity contribution in [1.29, 1.82) is 0 Å². The number of nitrogens with one attached hydrogen (secondary N) is 1. The Balaban J connectivity index is 1.61. The molecular weight excluding hydrogens is 360 g/mol. The number of carbonyl (C=O) groups is 3. The minimum Gasteiger partial charge on any atom is -0.497 e. The van der Waals surface area contributed by atoms with Crippen LogP contribution in [0.4, 0.5) is 4.79 Å². The average Bonchev–Trinajstić information content (AvgIpc) is 2.82.